The van der Waals surface area contributed by atoms with E-state index >= 15 is 0 Å². The molecule has 2 aromatic heterocycles. The van der Waals surface area contributed by atoms with Crippen LogP contribution < -0.4 is 0 Å². The van der Waals surface area contributed by atoms with Crippen molar-refractivity contribution < 1.29 is 9.21 Å². The number of aryl methyl sites for hydroxylation is 1. The lowest BCUT2D eigenvalue weighted by atomic mass is 10.1. The predicted octanol–water partition coefficient (Wildman–Crippen LogP) is 3.59. The molecule has 27 heavy (non-hydrogen) atoms. The lowest BCUT2D eigenvalue weighted by Gasteiger charge is -2.27. The summed E-state index contributed by atoms with van der Waals surface area (Å²) in [6, 6.07) is 9.40. The Kier molecular flexibility index (Phi) is 4.91. The van der Waals surface area contributed by atoms with Gasteiger partial charge in [-0.1, -0.05) is 31.0 Å². The standard InChI is InChI=1S/C20H21N5O2/c1-14-12-22-16(13-21-14)20(26)25-11-7-3-6-10-17(25)19-24-23-18(27-19)15-8-4-2-5-9-15/h2,4-5,8-9,12-13,17H,3,6-7,10-11H2,1H3. The lowest BCUT2D eigenvalue weighted by Crippen LogP contribution is -2.35. The van der Waals surface area contributed by atoms with Crippen LogP contribution in [0.1, 0.15) is 53.8 Å². The molecule has 1 aromatic carbocycles. The van der Waals surface area contributed by atoms with Gasteiger partial charge in [0.1, 0.15) is 11.7 Å². The lowest BCUT2D eigenvalue weighted by molar-refractivity contribution is 0.0646. The van der Waals surface area contributed by atoms with E-state index in [1.807, 2.05) is 37.3 Å². The highest BCUT2D eigenvalue weighted by atomic mass is 16.4. The van der Waals surface area contributed by atoms with Gasteiger partial charge in [-0.15, -0.1) is 10.2 Å². The van der Waals surface area contributed by atoms with Crippen molar-refractivity contribution in [1.82, 2.24) is 25.1 Å². The summed E-state index contributed by atoms with van der Waals surface area (Å²) >= 11 is 0. The van der Waals surface area contributed by atoms with Crippen LogP contribution in [0.4, 0.5) is 0 Å². The van der Waals surface area contributed by atoms with Crippen molar-refractivity contribution >= 4 is 5.91 Å². The zero-order valence-corrected chi connectivity index (χ0v) is 15.2. The molecule has 0 aliphatic carbocycles. The number of amides is 1. The highest BCUT2D eigenvalue weighted by Crippen LogP contribution is 2.32. The molecule has 3 heterocycles. The van der Waals surface area contributed by atoms with E-state index in [0.29, 0.717) is 24.0 Å². The number of hydrogen-bond donors (Lipinski definition) is 0. The fraction of sp³-hybridized carbons (Fsp3) is 0.350. The van der Waals surface area contributed by atoms with Gasteiger partial charge in [-0.25, -0.2) is 4.98 Å². The van der Waals surface area contributed by atoms with Crippen LogP contribution >= 0.6 is 0 Å². The van der Waals surface area contributed by atoms with E-state index < -0.39 is 0 Å². The van der Waals surface area contributed by atoms with Crippen LogP contribution in [0.15, 0.2) is 47.1 Å². The summed E-state index contributed by atoms with van der Waals surface area (Å²) in [5.41, 5.74) is 1.99. The Morgan fingerprint density at radius 2 is 1.93 bits per heavy atom. The second kappa shape index (κ2) is 7.65. The van der Waals surface area contributed by atoms with E-state index in [2.05, 4.69) is 20.2 Å². The molecule has 1 aliphatic rings. The average Bonchev–Trinajstić information content (AvgIpc) is 3.07. The van der Waals surface area contributed by atoms with Crippen LogP contribution in [0, 0.1) is 6.92 Å². The van der Waals surface area contributed by atoms with Gasteiger partial charge in [0.25, 0.3) is 5.91 Å². The molecule has 0 spiro atoms. The fourth-order valence-corrected chi connectivity index (χ4v) is 3.32. The minimum absolute atomic E-state index is 0.145. The van der Waals surface area contributed by atoms with Crippen LogP contribution in [-0.2, 0) is 0 Å². The number of carbonyl (C=O) groups excluding carboxylic acids is 1. The Morgan fingerprint density at radius 1 is 1.07 bits per heavy atom. The molecule has 1 aliphatic heterocycles. The molecule has 0 saturated carbocycles. The number of likely N-dealkylation sites (tertiary alicyclic amines) is 1. The highest BCUT2D eigenvalue weighted by Gasteiger charge is 2.32. The minimum Gasteiger partial charge on any atom is -0.418 e. The van der Waals surface area contributed by atoms with Gasteiger partial charge in [-0.05, 0) is 31.9 Å². The third-order valence-corrected chi connectivity index (χ3v) is 4.76. The molecule has 138 valence electrons. The van der Waals surface area contributed by atoms with Crippen molar-refractivity contribution in [3.8, 4) is 11.5 Å². The number of hydrogen-bond acceptors (Lipinski definition) is 6. The quantitative estimate of drug-likeness (QED) is 0.707. The average molecular weight is 363 g/mol. The second-order valence-corrected chi connectivity index (χ2v) is 6.72. The summed E-state index contributed by atoms with van der Waals surface area (Å²) in [6.45, 7) is 2.49. The molecule has 0 radical (unpaired) electrons. The number of rotatable bonds is 3. The fourth-order valence-electron chi connectivity index (χ4n) is 3.32. The van der Waals surface area contributed by atoms with E-state index in [1.54, 1.807) is 11.1 Å². The highest BCUT2D eigenvalue weighted by molar-refractivity contribution is 5.92. The van der Waals surface area contributed by atoms with Crippen molar-refractivity contribution in [2.45, 2.75) is 38.6 Å². The van der Waals surface area contributed by atoms with Gasteiger partial charge in [0, 0.05) is 18.3 Å². The zero-order chi connectivity index (χ0) is 18.6. The monoisotopic (exact) mass is 363 g/mol. The third-order valence-electron chi connectivity index (χ3n) is 4.76. The Bertz CT molecular complexity index is 908. The predicted molar refractivity (Wildman–Crippen MR) is 98.7 cm³/mol. The van der Waals surface area contributed by atoms with Gasteiger partial charge in [0.05, 0.1) is 11.9 Å². The van der Waals surface area contributed by atoms with Crippen LogP contribution in [0.2, 0.25) is 0 Å². The molecule has 4 rings (SSSR count). The summed E-state index contributed by atoms with van der Waals surface area (Å²) in [6.07, 6.45) is 6.96. The van der Waals surface area contributed by atoms with Gasteiger partial charge >= 0.3 is 0 Å². The molecule has 7 heteroatoms. The Hall–Kier alpha value is -3.09. The van der Waals surface area contributed by atoms with E-state index in [-0.39, 0.29) is 11.9 Å². The van der Waals surface area contributed by atoms with Crippen LogP contribution in [0.25, 0.3) is 11.5 Å². The molecular weight excluding hydrogens is 342 g/mol. The smallest absolute Gasteiger partial charge is 0.274 e. The Morgan fingerprint density at radius 3 is 2.70 bits per heavy atom. The van der Waals surface area contributed by atoms with Gasteiger partial charge < -0.3 is 9.32 Å². The molecule has 0 N–H and O–H groups in total. The molecule has 1 fully saturated rings. The molecule has 1 unspecified atom stereocenters. The molecule has 1 amide bonds. The van der Waals surface area contributed by atoms with E-state index in [9.17, 15) is 4.79 Å². The minimum atomic E-state index is -0.243. The van der Waals surface area contributed by atoms with Crippen LogP contribution in [0.5, 0.6) is 0 Å². The normalized spacial score (nSPS) is 17.5. The second-order valence-electron chi connectivity index (χ2n) is 6.72. The van der Waals surface area contributed by atoms with Gasteiger partial charge in [0.2, 0.25) is 11.8 Å². The topological polar surface area (TPSA) is 85.0 Å². The molecule has 1 atom stereocenters. The maximum Gasteiger partial charge on any atom is 0.274 e. The molecule has 3 aromatic rings. The van der Waals surface area contributed by atoms with Crippen molar-refractivity contribution in [1.29, 1.82) is 0 Å². The first-order valence-electron chi connectivity index (χ1n) is 9.21. The largest absolute Gasteiger partial charge is 0.418 e. The van der Waals surface area contributed by atoms with Crippen molar-refractivity contribution in [2.75, 3.05) is 6.54 Å². The first-order chi connectivity index (χ1) is 13.2. The van der Waals surface area contributed by atoms with Crippen LogP contribution in [-0.4, -0.2) is 37.5 Å². The summed E-state index contributed by atoms with van der Waals surface area (Å²) < 4.78 is 5.95. The van der Waals surface area contributed by atoms with Gasteiger partial charge in [0.15, 0.2) is 0 Å². The Labute approximate surface area is 157 Å². The van der Waals surface area contributed by atoms with E-state index in [0.717, 1.165) is 36.9 Å². The van der Waals surface area contributed by atoms with Gasteiger partial charge in [-0.3, -0.25) is 9.78 Å². The summed E-state index contributed by atoms with van der Waals surface area (Å²) in [4.78, 5) is 23.3. The maximum absolute atomic E-state index is 13.1. The molecule has 1 saturated heterocycles. The summed E-state index contributed by atoms with van der Waals surface area (Å²) in [5.74, 6) is 0.801. The molecular formula is C20H21N5O2. The first-order valence-corrected chi connectivity index (χ1v) is 9.21. The number of aromatic nitrogens is 4. The molecule has 0 bridgehead atoms. The van der Waals surface area contributed by atoms with Crippen molar-refractivity contribution in [3.05, 3.63) is 60.0 Å². The zero-order valence-electron chi connectivity index (χ0n) is 15.2. The summed E-state index contributed by atoms with van der Waals surface area (Å²) in [7, 11) is 0. The van der Waals surface area contributed by atoms with E-state index in [4.69, 9.17) is 4.42 Å². The van der Waals surface area contributed by atoms with E-state index in [1.165, 1.54) is 6.20 Å². The van der Waals surface area contributed by atoms with Crippen molar-refractivity contribution in [3.63, 3.8) is 0 Å². The number of carbonyl (C=O) groups is 1. The van der Waals surface area contributed by atoms with Gasteiger partial charge in [-0.2, -0.15) is 0 Å². The maximum atomic E-state index is 13.1. The number of nitrogens with zero attached hydrogens (tertiary/aromatic N) is 5. The summed E-state index contributed by atoms with van der Waals surface area (Å²) in [5, 5.41) is 8.44. The Balaban J connectivity index is 1.63. The molecule has 7 nitrogen and oxygen atoms in total. The SMILES string of the molecule is Cc1cnc(C(=O)N2CCCCCC2c2nnc(-c3ccccc3)o2)cn1. The van der Waals surface area contributed by atoms with Crippen LogP contribution in [0.3, 0.4) is 0 Å². The third kappa shape index (κ3) is 3.72. The first kappa shape index (κ1) is 17.3. The van der Waals surface area contributed by atoms with Crippen molar-refractivity contribution in [2.24, 2.45) is 0 Å². The number of benzene rings is 1.